The number of para-hydroxylation sites is 1. The number of aliphatic hydroxyl groups is 1. The molecule has 1 aromatic carbocycles. The number of ether oxygens (including phenoxy) is 1. The Morgan fingerprint density at radius 1 is 1.11 bits per heavy atom. The molecule has 1 saturated carbocycles. The molecule has 1 aromatic rings. The van der Waals surface area contributed by atoms with Gasteiger partial charge in [0.05, 0.1) is 6.61 Å². The van der Waals surface area contributed by atoms with Crippen molar-refractivity contribution >= 4 is 0 Å². The van der Waals surface area contributed by atoms with Crippen LogP contribution in [0.3, 0.4) is 0 Å². The third-order valence-electron chi connectivity index (χ3n) is 3.76. The van der Waals surface area contributed by atoms with E-state index >= 15 is 0 Å². The fourth-order valence-corrected chi connectivity index (χ4v) is 2.68. The molecule has 0 heterocycles. The summed E-state index contributed by atoms with van der Waals surface area (Å²) < 4.78 is 5.56. The molecule has 0 atom stereocenters. The molecule has 1 aliphatic carbocycles. The number of hydrogen-bond acceptors (Lipinski definition) is 3. The van der Waals surface area contributed by atoms with Crippen LogP contribution < -0.4 is 10.1 Å². The first-order chi connectivity index (χ1) is 9.40. The average molecular weight is 263 g/mol. The van der Waals surface area contributed by atoms with E-state index in [2.05, 4.69) is 11.4 Å². The summed E-state index contributed by atoms with van der Waals surface area (Å²) in [6.45, 7) is 1.27. The molecule has 0 aliphatic heterocycles. The summed E-state index contributed by atoms with van der Waals surface area (Å²) in [5, 5.41) is 12.5. The summed E-state index contributed by atoms with van der Waals surface area (Å²) in [6, 6.07) is 8.72. The van der Waals surface area contributed by atoms with E-state index in [4.69, 9.17) is 9.84 Å². The van der Waals surface area contributed by atoms with Crippen LogP contribution in [0.2, 0.25) is 0 Å². The quantitative estimate of drug-likeness (QED) is 0.775. The van der Waals surface area contributed by atoms with Crippen molar-refractivity contribution in [3.05, 3.63) is 29.8 Å². The van der Waals surface area contributed by atoms with E-state index in [1.165, 1.54) is 44.1 Å². The van der Waals surface area contributed by atoms with Crippen molar-refractivity contribution in [1.29, 1.82) is 0 Å². The first kappa shape index (κ1) is 14.4. The molecule has 19 heavy (non-hydrogen) atoms. The van der Waals surface area contributed by atoms with Gasteiger partial charge in [-0.15, -0.1) is 0 Å². The van der Waals surface area contributed by atoms with Gasteiger partial charge in [-0.05, 0) is 18.9 Å². The summed E-state index contributed by atoms with van der Waals surface area (Å²) in [7, 11) is 0. The van der Waals surface area contributed by atoms with Crippen molar-refractivity contribution in [3.8, 4) is 5.75 Å². The van der Waals surface area contributed by atoms with E-state index in [9.17, 15) is 0 Å². The molecule has 3 nitrogen and oxygen atoms in total. The van der Waals surface area contributed by atoms with Gasteiger partial charge in [0.25, 0.3) is 0 Å². The maximum absolute atomic E-state index is 8.84. The SMILES string of the molecule is OCCOc1ccccc1CNC1CCCCCC1. The molecule has 2 rings (SSSR count). The molecule has 106 valence electrons. The van der Waals surface area contributed by atoms with E-state index in [0.717, 1.165) is 12.3 Å². The summed E-state index contributed by atoms with van der Waals surface area (Å²) in [6.07, 6.45) is 8.04. The van der Waals surface area contributed by atoms with Gasteiger partial charge in [-0.3, -0.25) is 0 Å². The zero-order valence-corrected chi connectivity index (χ0v) is 11.6. The minimum absolute atomic E-state index is 0.0599. The van der Waals surface area contributed by atoms with Gasteiger partial charge in [-0.2, -0.15) is 0 Å². The van der Waals surface area contributed by atoms with E-state index in [0.29, 0.717) is 12.6 Å². The highest BCUT2D eigenvalue weighted by molar-refractivity contribution is 5.33. The van der Waals surface area contributed by atoms with Crippen LogP contribution in [-0.4, -0.2) is 24.4 Å². The Hall–Kier alpha value is -1.06. The Morgan fingerprint density at radius 2 is 1.84 bits per heavy atom. The Kier molecular flexibility index (Phi) is 6.18. The fourth-order valence-electron chi connectivity index (χ4n) is 2.68. The molecule has 2 N–H and O–H groups in total. The highest BCUT2D eigenvalue weighted by atomic mass is 16.5. The smallest absolute Gasteiger partial charge is 0.123 e. The lowest BCUT2D eigenvalue weighted by Crippen LogP contribution is -2.28. The summed E-state index contributed by atoms with van der Waals surface area (Å²) in [5.41, 5.74) is 1.18. The zero-order valence-electron chi connectivity index (χ0n) is 11.6. The summed E-state index contributed by atoms with van der Waals surface area (Å²) in [4.78, 5) is 0. The van der Waals surface area contributed by atoms with E-state index in [1.807, 2.05) is 18.2 Å². The van der Waals surface area contributed by atoms with Gasteiger partial charge in [0.2, 0.25) is 0 Å². The largest absolute Gasteiger partial charge is 0.491 e. The van der Waals surface area contributed by atoms with E-state index in [-0.39, 0.29) is 6.61 Å². The van der Waals surface area contributed by atoms with Gasteiger partial charge < -0.3 is 15.2 Å². The van der Waals surface area contributed by atoms with Crippen LogP contribution in [0.1, 0.15) is 44.1 Å². The number of rotatable bonds is 6. The molecule has 0 saturated heterocycles. The second kappa shape index (κ2) is 8.18. The van der Waals surface area contributed by atoms with Crippen LogP contribution in [0.15, 0.2) is 24.3 Å². The van der Waals surface area contributed by atoms with Crippen LogP contribution in [0.5, 0.6) is 5.75 Å². The first-order valence-corrected chi connectivity index (χ1v) is 7.45. The van der Waals surface area contributed by atoms with Crippen LogP contribution >= 0.6 is 0 Å². The van der Waals surface area contributed by atoms with Crippen molar-refractivity contribution in [2.24, 2.45) is 0 Å². The molecule has 0 radical (unpaired) electrons. The van der Waals surface area contributed by atoms with Crippen molar-refractivity contribution in [3.63, 3.8) is 0 Å². The van der Waals surface area contributed by atoms with Crippen LogP contribution in [0, 0.1) is 0 Å². The molecule has 0 bridgehead atoms. The highest BCUT2D eigenvalue weighted by Gasteiger charge is 2.12. The minimum Gasteiger partial charge on any atom is -0.491 e. The molecule has 0 amide bonds. The number of benzene rings is 1. The Bertz CT molecular complexity index is 360. The molecule has 0 spiro atoms. The monoisotopic (exact) mass is 263 g/mol. The van der Waals surface area contributed by atoms with Crippen LogP contribution in [-0.2, 0) is 6.54 Å². The second-order valence-corrected chi connectivity index (χ2v) is 5.25. The molecule has 0 aromatic heterocycles. The lowest BCUT2D eigenvalue weighted by atomic mass is 10.1. The van der Waals surface area contributed by atoms with E-state index in [1.54, 1.807) is 0 Å². The molecular weight excluding hydrogens is 238 g/mol. The topological polar surface area (TPSA) is 41.5 Å². The number of hydrogen-bond donors (Lipinski definition) is 2. The molecule has 1 fully saturated rings. The van der Waals surface area contributed by atoms with Gasteiger partial charge >= 0.3 is 0 Å². The average Bonchev–Trinajstić information content (AvgIpc) is 2.72. The molecule has 0 unspecified atom stereocenters. The minimum atomic E-state index is 0.0599. The van der Waals surface area contributed by atoms with Crippen LogP contribution in [0.4, 0.5) is 0 Å². The third-order valence-corrected chi connectivity index (χ3v) is 3.76. The predicted octanol–water partition coefficient (Wildman–Crippen LogP) is 2.87. The van der Waals surface area contributed by atoms with Gasteiger partial charge in [-0.25, -0.2) is 0 Å². The van der Waals surface area contributed by atoms with Crippen molar-refractivity contribution in [2.75, 3.05) is 13.2 Å². The summed E-state index contributed by atoms with van der Waals surface area (Å²) in [5.74, 6) is 0.887. The van der Waals surface area contributed by atoms with E-state index < -0.39 is 0 Å². The normalized spacial score (nSPS) is 17.1. The van der Waals surface area contributed by atoms with Gasteiger partial charge in [-0.1, -0.05) is 43.9 Å². The van der Waals surface area contributed by atoms with Gasteiger partial charge in [0.1, 0.15) is 12.4 Å². The molecular formula is C16H25NO2. The second-order valence-electron chi connectivity index (χ2n) is 5.25. The lowest BCUT2D eigenvalue weighted by molar-refractivity contribution is 0.200. The van der Waals surface area contributed by atoms with Gasteiger partial charge in [0.15, 0.2) is 0 Å². The fraction of sp³-hybridized carbons (Fsp3) is 0.625. The van der Waals surface area contributed by atoms with Crippen molar-refractivity contribution in [1.82, 2.24) is 5.32 Å². The van der Waals surface area contributed by atoms with Crippen molar-refractivity contribution in [2.45, 2.75) is 51.1 Å². The Morgan fingerprint density at radius 3 is 2.58 bits per heavy atom. The lowest BCUT2D eigenvalue weighted by Gasteiger charge is -2.17. The number of nitrogens with one attached hydrogen (secondary N) is 1. The van der Waals surface area contributed by atoms with Crippen LogP contribution in [0.25, 0.3) is 0 Å². The third kappa shape index (κ3) is 4.84. The molecule has 3 heteroatoms. The number of aliphatic hydroxyl groups excluding tert-OH is 1. The predicted molar refractivity (Wildman–Crippen MR) is 77.4 cm³/mol. The highest BCUT2D eigenvalue weighted by Crippen LogP contribution is 2.20. The maximum atomic E-state index is 8.84. The van der Waals surface area contributed by atoms with Gasteiger partial charge in [0, 0.05) is 18.2 Å². The standard InChI is InChI=1S/C16H25NO2/c18-11-12-19-16-10-6-5-7-14(16)13-17-15-8-3-1-2-4-9-15/h5-7,10,15,17-18H,1-4,8-9,11-13H2. The molecule has 1 aliphatic rings. The summed E-state index contributed by atoms with van der Waals surface area (Å²) >= 11 is 0. The zero-order chi connectivity index (χ0) is 13.3. The van der Waals surface area contributed by atoms with Crippen molar-refractivity contribution < 1.29 is 9.84 Å². The maximum Gasteiger partial charge on any atom is 0.123 e. The Labute approximate surface area is 116 Å². The first-order valence-electron chi connectivity index (χ1n) is 7.45. The Balaban J connectivity index is 1.87.